The molecule has 1 amide bonds. The summed E-state index contributed by atoms with van der Waals surface area (Å²) in [5.41, 5.74) is 1.60. The molecule has 3 aromatic rings. The Morgan fingerprint density at radius 3 is 2.63 bits per heavy atom. The zero-order valence-electron chi connectivity index (χ0n) is 19.9. The van der Waals surface area contributed by atoms with E-state index in [9.17, 15) is 9.18 Å². The number of H-pyrrole nitrogens is 1. The summed E-state index contributed by atoms with van der Waals surface area (Å²) in [7, 11) is 1.53. The van der Waals surface area contributed by atoms with Gasteiger partial charge in [0, 0.05) is 43.4 Å². The SMILES string of the molecule is COC1(C(=O)NCc2ccc(N3CC(F)C3)nc2)CN(c2nc(C)cc(Nc3cc(C)[nH]n3)n2)C1. The van der Waals surface area contributed by atoms with Crippen molar-refractivity contribution in [2.45, 2.75) is 32.2 Å². The van der Waals surface area contributed by atoms with E-state index in [0.717, 1.165) is 22.8 Å². The van der Waals surface area contributed by atoms with E-state index in [1.54, 1.807) is 6.20 Å². The van der Waals surface area contributed by atoms with E-state index < -0.39 is 11.8 Å². The van der Waals surface area contributed by atoms with Crippen LogP contribution in [0.25, 0.3) is 0 Å². The summed E-state index contributed by atoms with van der Waals surface area (Å²) >= 11 is 0. The molecule has 5 rings (SSSR count). The molecule has 12 heteroatoms. The van der Waals surface area contributed by atoms with Crippen molar-refractivity contribution in [2.75, 3.05) is 48.4 Å². The third-order valence-electron chi connectivity index (χ3n) is 6.21. The number of carbonyl (C=O) groups excluding carboxylic acids is 1. The van der Waals surface area contributed by atoms with Crippen LogP contribution in [-0.2, 0) is 16.1 Å². The highest BCUT2D eigenvalue weighted by molar-refractivity contribution is 5.88. The Morgan fingerprint density at radius 1 is 1.20 bits per heavy atom. The Hall–Kier alpha value is -3.80. The molecular formula is C23H28FN9O2. The van der Waals surface area contributed by atoms with Gasteiger partial charge in [0.1, 0.15) is 17.8 Å². The van der Waals surface area contributed by atoms with E-state index >= 15 is 0 Å². The van der Waals surface area contributed by atoms with Gasteiger partial charge in [-0.15, -0.1) is 0 Å². The number of hydrogen-bond acceptors (Lipinski definition) is 9. The first kappa shape index (κ1) is 23.0. The minimum atomic E-state index is -0.985. The number of ether oxygens (including phenoxy) is 1. The quantitative estimate of drug-likeness (QED) is 0.440. The number of halogens is 1. The van der Waals surface area contributed by atoms with Crippen molar-refractivity contribution in [3.63, 3.8) is 0 Å². The standard InChI is InChI=1S/C23H28FN9O2/c1-14-6-18(28-19-7-15(2)30-31-19)29-22(27-14)33-12-23(13-33,35-3)21(34)26-9-16-4-5-20(25-8-16)32-10-17(24)11-32/h4-8,17H,9-13H2,1-3H3,(H,26,34)(H2,27,28,29,30,31). The van der Waals surface area contributed by atoms with Crippen LogP contribution >= 0.6 is 0 Å². The van der Waals surface area contributed by atoms with Crippen molar-refractivity contribution in [2.24, 2.45) is 0 Å². The molecule has 2 saturated heterocycles. The van der Waals surface area contributed by atoms with Gasteiger partial charge in [0.2, 0.25) is 5.95 Å². The summed E-state index contributed by atoms with van der Waals surface area (Å²) < 4.78 is 18.7. The third-order valence-corrected chi connectivity index (χ3v) is 6.21. The van der Waals surface area contributed by atoms with E-state index in [0.29, 0.717) is 50.3 Å². The Kier molecular flexibility index (Phi) is 5.97. The second-order valence-corrected chi connectivity index (χ2v) is 9.02. The second kappa shape index (κ2) is 9.10. The molecule has 184 valence electrons. The minimum absolute atomic E-state index is 0.207. The monoisotopic (exact) mass is 481 g/mol. The maximum atomic E-state index is 13.0. The van der Waals surface area contributed by atoms with Gasteiger partial charge >= 0.3 is 0 Å². The first-order valence-electron chi connectivity index (χ1n) is 11.4. The second-order valence-electron chi connectivity index (χ2n) is 9.02. The molecule has 0 bridgehead atoms. The molecule has 0 spiro atoms. The Labute approximate surface area is 202 Å². The fourth-order valence-electron chi connectivity index (χ4n) is 4.11. The highest BCUT2D eigenvalue weighted by Crippen LogP contribution is 2.30. The lowest BCUT2D eigenvalue weighted by Gasteiger charge is -2.47. The van der Waals surface area contributed by atoms with Gasteiger partial charge in [0.15, 0.2) is 11.4 Å². The largest absolute Gasteiger partial charge is 0.365 e. The smallest absolute Gasteiger partial charge is 0.256 e. The molecule has 0 saturated carbocycles. The van der Waals surface area contributed by atoms with Gasteiger partial charge in [0.05, 0.1) is 26.2 Å². The zero-order chi connectivity index (χ0) is 24.6. The van der Waals surface area contributed by atoms with Crippen molar-refractivity contribution >= 4 is 29.3 Å². The molecule has 3 N–H and O–H groups in total. The number of aromatic amines is 1. The molecule has 2 fully saturated rings. The first-order chi connectivity index (χ1) is 16.8. The lowest BCUT2D eigenvalue weighted by atomic mass is 9.93. The van der Waals surface area contributed by atoms with Crippen LogP contribution in [0.5, 0.6) is 0 Å². The van der Waals surface area contributed by atoms with Gasteiger partial charge in [-0.2, -0.15) is 10.1 Å². The van der Waals surface area contributed by atoms with Gasteiger partial charge in [-0.05, 0) is 25.5 Å². The molecule has 0 atom stereocenters. The first-order valence-corrected chi connectivity index (χ1v) is 11.4. The molecule has 0 aliphatic carbocycles. The number of aryl methyl sites for hydroxylation is 2. The summed E-state index contributed by atoms with van der Waals surface area (Å²) in [6, 6.07) is 7.45. The van der Waals surface area contributed by atoms with Gasteiger partial charge < -0.3 is 25.2 Å². The fraction of sp³-hybridized carbons (Fsp3) is 0.435. The van der Waals surface area contributed by atoms with Gasteiger partial charge in [0.25, 0.3) is 5.91 Å². The number of alkyl halides is 1. The maximum Gasteiger partial charge on any atom is 0.256 e. The van der Waals surface area contributed by atoms with E-state index in [1.807, 2.05) is 47.9 Å². The summed E-state index contributed by atoms with van der Waals surface area (Å²) in [6.45, 7) is 5.54. The number of amides is 1. The molecule has 0 aromatic carbocycles. The molecule has 3 aromatic heterocycles. The number of hydrogen-bond donors (Lipinski definition) is 3. The van der Waals surface area contributed by atoms with E-state index in [1.165, 1.54) is 7.11 Å². The number of pyridine rings is 1. The van der Waals surface area contributed by atoms with Crippen molar-refractivity contribution in [3.8, 4) is 0 Å². The lowest BCUT2D eigenvalue weighted by molar-refractivity contribution is -0.146. The maximum absolute atomic E-state index is 13.0. The van der Waals surface area contributed by atoms with Crippen LogP contribution in [0.15, 0.2) is 30.5 Å². The summed E-state index contributed by atoms with van der Waals surface area (Å²) in [4.78, 5) is 30.2. The molecule has 0 unspecified atom stereocenters. The van der Waals surface area contributed by atoms with Crippen LogP contribution in [0.2, 0.25) is 0 Å². The van der Waals surface area contributed by atoms with Gasteiger partial charge in [-0.25, -0.2) is 14.4 Å². The van der Waals surface area contributed by atoms with Crippen molar-refractivity contribution in [1.82, 2.24) is 30.5 Å². The average molecular weight is 482 g/mol. The Morgan fingerprint density at radius 2 is 2.00 bits per heavy atom. The molecular weight excluding hydrogens is 453 g/mol. The molecule has 0 radical (unpaired) electrons. The number of nitrogens with zero attached hydrogens (tertiary/aromatic N) is 6. The number of nitrogens with one attached hydrogen (secondary N) is 3. The summed E-state index contributed by atoms with van der Waals surface area (Å²) in [5, 5.41) is 13.2. The summed E-state index contributed by atoms with van der Waals surface area (Å²) in [6.07, 6.45) is 0.917. The molecule has 11 nitrogen and oxygen atoms in total. The normalized spacial score (nSPS) is 17.0. The highest BCUT2D eigenvalue weighted by atomic mass is 19.1. The Balaban J connectivity index is 1.18. The van der Waals surface area contributed by atoms with Crippen LogP contribution in [0.1, 0.15) is 17.0 Å². The highest BCUT2D eigenvalue weighted by Gasteiger charge is 2.51. The Bertz CT molecular complexity index is 1200. The summed E-state index contributed by atoms with van der Waals surface area (Å²) in [5.74, 6) is 2.34. The number of rotatable bonds is 8. The average Bonchev–Trinajstić information content (AvgIpc) is 3.19. The molecule has 5 heterocycles. The number of anilines is 4. The minimum Gasteiger partial charge on any atom is -0.365 e. The zero-order valence-corrected chi connectivity index (χ0v) is 19.9. The molecule has 2 aliphatic heterocycles. The predicted molar refractivity (Wildman–Crippen MR) is 129 cm³/mol. The number of carbonyl (C=O) groups is 1. The van der Waals surface area contributed by atoms with Crippen molar-refractivity contribution in [1.29, 1.82) is 0 Å². The number of aromatic nitrogens is 5. The molecule has 35 heavy (non-hydrogen) atoms. The van der Waals surface area contributed by atoms with Crippen molar-refractivity contribution in [3.05, 3.63) is 47.4 Å². The molecule has 2 aliphatic rings. The van der Waals surface area contributed by atoms with Gasteiger partial charge in [-0.3, -0.25) is 9.89 Å². The van der Waals surface area contributed by atoms with Crippen LogP contribution in [0, 0.1) is 13.8 Å². The van der Waals surface area contributed by atoms with Crippen LogP contribution in [0.3, 0.4) is 0 Å². The van der Waals surface area contributed by atoms with Crippen LogP contribution in [-0.4, -0.2) is 76.1 Å². The topological polar surface area (TPSA) is 124 Å². The van der Waals surface area contributed by atoms with Crippen LogP contribution < -0.4 is 20.4 Å². The van der Waals surface area contributed by atoms with Crippen molar-refractivity contribution < 1.29 is 13.9 Å². The lowest BCUT2D eigenvalue weighted by Crippen LogP contribution is -2.70. The fourth-order valence-corrected chi connectivity index (χ4v) is 4.11. The van der Waals surface area contributed by atoms with Crippen LogP contribution in [0.4, 0.5) is 27.8 Å². The number of methoxy groups -OCH3 is 1. The predicted octanol–water partition coefficient (Wildman–Crippen LogP) is 1.63. The van der Waals surface area contributed by atoms with E-state index in [2.05, 4.69) is 35.8 Å². The third kappa shape index (κ3) is 4.74. The van der Waals surface area contributed by atoms with E-state index in [-0.39, 0.29) is 5.91 Å². The van der Waals surface area contributed by atoms with E-state index in [4.69, 9.17) is 4.74 Å². The van der Waals surface area contributed by atoms with Gasteiger partial charge in [-0.1, -0.05) is 6.07 Å².